The summed E-state index contributed by atoms with van der Waals surface area (Å²) in [6.45, 7) is 29.9. The van der Waals surface area contributed by atoms with Crippen LogP contribution in [0.25, 0.3) is 0 Å². The van der Waals surface area contributed by atoms with Crippen LogP contribution in [0.3, 0.4) is 0 Å². The van der Waals surface area contributed by atoms with Crippen LogP contribution in [0.1, 0.15) is 179 Å². The van der Waals surface area contributed by atoms with Gasteiger partial charge in [-0.05, 0) is 121 Å². The lowest BCUT2D eigenvalue weighted by Gasteiger charge is -2.19. The van der Waals surface area contributed by atoms with E-state index >= 15 is 0 Å². The summed E-state index contributed by atoms with van der Waals surface area (Å²) in [6.07, 6.45) is 6.27. The zero-order valence-electron chi connectivity index (χ0n) is 60.1. The van der Waals surface area contributed by atoms with E-state index in [-0.39, 0.29) is 79.0 Å². The van der Waals surface area contributed by atoms with Crippen molar-refractivity contribution in [2.75, 3.05) is 11.9 Å². The predicted molar refractivity (Wildman–Crippen MR) is 427 cm³/mol. The van der Waals surface area contributed by atoms with Crippen LogP contribution in [-0.2, 0) is 55.0 Å². The number of carboxylic acid groups (broad SMARTS) is 2. The number of unbranched alkanes of at least 4 members (excludes halogenated alkanes) is 4. The smallest absolute Gasteiger partial charge is 0.303 e. The molecule has 0 amide bonds. The molecule has 2 N–H and O–H groups in total. The summed E-state index contributed by atoms with van der Waals surface area (Å²) in [5, 5.41) is 19.7. The van der Waals surface area contributed by atoms with Gasteiger partial charge in [-0.1, -0.05) is 258 Å². The summed E-state index contributed by atoms with van der Waals surface area (Å²) in [5.74, 6) is -1.38. The predicted octanol–water partition coefficient (Wildman–Crippen LogP) is 15.1. The molecule has 0 radical (unpaired) electrons. The van der Waals surface area contributed by atoms with Gasteiger partial charge in [0.15, 0.2) is 30.2 Å². The van der Waals surface area contributed by atoms with E-state index in [4.69, 9.17) is 10.2 Å². The summed E-state index contributed by atoms with van der Waals surface area (Å²) in [5.41, 5.74) is 22.0. The van der Waals surface area contributed by atoms with E-state index in [9.17, 15) is 9.59 Å². The quantitative estimate of drug-likeness (QED) is 0.0539. The number of carbonyl (C=O) groups is 2. The van der Waals surface area contributed by atoms with Gasteiger partial charge in [0.25, 0.3) is 0 Å². The van der Waals surface area contributed by atoms with Crippen LogP contribution in [0.4, 0.5) is 22.7 Å². The topological polar surface area (TPSA) is 96.0 Å². The Morgan fingerprint density at radius 2 is 0.690 bits per heavy atom. The van der Waals surface area contributed by atoms with Crippen molar-refractivity contribution in [3.63, 3.8) is 0 Å². The second-order valence-electron chi connectivity index (χ2n) is 26.9. The molecular formula is C84H100Br8N4O4. The van der Waals surface area contributed by atoms with Gasteiger partial charge in [-0.3, -0.25) is 14.6 Å². The van der Waals surface area contributed by atoms with Crippen molar-refractivity contribution in [1.29, 1.82) is 0 Å². The minimum atomic E-state index is -0.694. The summed E-state index contributed by atoms with van der Waals surface area (Å²) < 4.78 is 9.55. The Kier molecular flexibility index (Phi) is 38.9. The van der Waals surface area contributed by atoms with Gasteiger partial charge >= 0.3 is 11.9 Å². The summed E-state index contributed by atoms with van der Waals surface area (Å²) >= 11 is 16.8. The molecule has 0 aromatic heterocycles. The lowest BCUT2D eigenvalue weighted by molar-refractivity contribution is -0.456. The fraction of sp³-hybridized carbons (Fsp3) is 0.357. The van der Waals surface area contributed by atoms with Crippen LogP contribution in [-0.4, -0.2) is 70.6 Å². The highest BCUT2D eigenvalue weighted by atomic mass is 79.9. The molecular weight excluding hydrogens is 1770 g/mol. The van der Waals surface area contributed by atoms with Gasteiger partial charge in [0.2, 0.25) is 17.1 Å². The van der Waals surface area contributed by atoms with Crippen LogP contribution in [0.15, 0.2) is 220 Å². The number of para-hydroxylation sites is 4. The number of halogens is 8. The zero-order valence-corrected chi connectivity index (χ0v) is 72.7. The fourth-order valence-electron chi connectivity index (χ4n) is 12.1. The highest BCUT2D eigenvalue weighted by Gasteiger charge is 2.45. The largest absolute Gasteiger partial charge is 1.00 e. The molecule has 8 aromatic rings. The molecule has 12 rings (SSSR count). The van der Waals surface area contributed by atoms with Crippen molar-refractivity contribution in [2.24, 2.45) is 4.99 Å². The van der Waals surface area contributed by atoms with Crippen molar-refractivity contribution in [1.82, 2.24) is 0 Å². The summed E-state index contributed by atoms with van der Waals surface area (Å²) in [6, 6.07) is 72.2. The first-order valence-corrected chi connectivity index (χ1v) is 38.6. The molecule has 100 heavy (non-hydrogen) atoms. The maximum Gasteiger partial charge on any atom is 0.303 e. The van der Waals surface area contributed by atoms with E-state index in [1.807, 2.05) is 36.4 Å². The SMILES string of the molecule is BrCc1ccc(Br)cc1.BrCc1ccccc1.CC1=Nc2ccccc2C1(C)C.CC1=[N+](CCCCCC(=O)O)c2ccccc2C1(C)C.CC1=[N+](Cc2ccc(Br)cc2)c2ccccc2C1(C)C.CC1=[N+](Cc2ccccc2)c2ccccc2C1(C)C.O=C(O)CCCCCBr.[Br-].[Br-].[Br-]. The van der Waals surface area contributed by atoms with E-state index in [0.29, 0.717) is 6.42 Å². The Labute approximate surface area is 671 Å². The van der Waals surface area contributed by atoms with Crippen LogP contribution in [0.5, 0.6) is 0 Å². The van der Waals surface area contributed by atoms with Gasteiger partial charge < -0.3 is 61.2 Å². The zero-order chi connectivity index (χ0) is 70.9. The number of fused-ring (bicyclic) bond motifs is 4. The van der Waals surface area contributed by atoms with Crippen LogP contribution in [0.2, 0.25) is 0 Å². The number of aliphatic imine (C=N–C) groups is 1. The molecule has 0 saturated carbocycles. The first-order chi connectivity index (χ1) is 46.2. The summed E-state index contributed by atoms with van der Waals surface area (Å²) in [4.78, 5) is 25.0. The Balaban J connectivity index is 0.000000311. The minimum Gasteiger partial charge on any atom is -1.00 e. The molecule has 0 aliphatic carbocycles. The second-order valence-corrected chi connectivity index (χ2v) is 30.7. The van der Waals surface area contributed by atoms with Crippen molar-refractivity contribution in [3.8, 4) is 0 Å². The van der Waals surface area contributed by atoms with Crippen LogP contribution >= 0.6 is 79.6 Å². The third-order valence-electron chi connectivity index (χ3n) is 19.1. The standard InChI is InChI=1S/C18H19BrN.C18H20N.C17H23NO2.C11H13N.C7H6Br2.C7H7Br.C6H11BrO2.3BrH/c1-13-18(2,3)16-6-4-5-7-17(16)20(13)12-14-8-10-15(19)11-9-14;1-14-18(2,3)16-11-7-8-12-17(16)19(14)13-15-9-5-4-6-10-15;1-13-17(2,3)14-9-6-7-10-15(14)18(13)12-8-4-5-11-16(19)20;1-8-11(2,3)9-6-4-5-7-10(9)12-8;8-5-6-1-3-7(9)4-2-6;8-6-7-4-2-1-3-5-7;7-5-3-1-2-4-6(8)9;;;/h4-11H,12H2,1-3H3;4-12H,13H2,1-3H3;6-7,9-10H,4-5,8,11-12H2,1-3H3;4-7H,1-3H3;1-4H,5H2;1-5H,6H2;1-5H2,(H,8,9);3*1H/q2*+1;;;;;;;;/p-2. The normalized spacial score (nSPS) is 14.4. The molecule has 0 spiro atoms. The monoisotopic (exact) mass is 1860 g/mol. The lowest BCUT2D eigenvalue weighted by Crippen LogP contribution is -3.00. The third kappa shape index (κ3) is 25.2. The second kappa shape index (κ2) is 43.5. The molecule has 16 heteroatoms. The number of aliphatic carboxylic acids is 2. The molecule has 0 atom stereocenters. The number of benzene rings is 8. The molecule has 0 unspecified atom stereocenters. The minimum absolute atomic E-state index is 0. The first kappa shape index (κ1) is 89.4. The maximum atomic E-state index is 10.5. The molecule has 536 valence electrons. The van der Waals surface area contributed by atoms with Gasteiger partial charge in [0, 0.05) is 122 Å². The first-order valence-electron chi connectivity index (χ1n) is 33.7. The van der Waals surface area contributed by atoms with E-state index < -0.39 is 11.9 Å². The van der Waals surface area contributed by atoms with Gasteiger partial charge in [-0.25, -0.2) is 0 Å². The highest BCUT2D eigenvalue weighted by molar-refractivity contribution is 9.11. The number of alkyl halides is 3. The Morgan fingerprint density at radius 1 is 0.370 bits per heavy atom. The number of hydrogen-bond donors (Lipinski definition) is 2. The Bertz CT molecular complexity index is 4000. The molecule has 4 heterocycles. The van der Waals surface area contributed by atoms with Gasteiger partial charge in [-0.15, -0.1) is 0 Å². The van der Waals surface area contributed by atoms with Crippen LogP contribution in [0, 0.1) is 0 Å². The molecule has 8 nitrogen and oxygen atoms in total. The molecule has 0 fully saturated rings. The molecule has 4 aliphatic heterocycles. The summed E-state index contributed by atoms with van der Waals surface area (Å²) in [7, 11) is 0. The van der Waals surface area contributed by atoms with Crippen molar-refractivity contribution < 1.29 is 84.5 Å². The molecule has 4 aliphatic rings. The average Bonchev–Trinajstić information content (AvgIpc) is 1.62. The van der Waals surface area contributed by atoms with Gasteiger partial charge in [0.05, 0.1) is 21.9 Å². The van der Waals surface area contributed by atoms with Gasteiger partial charge in [0.1, 0.15) is 6.54 Å². The van der Waals surface area contributed by atoms with E-state index in [1.54, 1.807) is 0 Å². The maximum absolute atomic E-state index is 10.5. The van der Waals surface area contributed by atoms with Crippen molar-refractivity contribution in [3.05, 3.63) is 260 Å². The molecule has 8 aromatic carbocycles. The Morgan fingerprint density at radius 3 is 1.07 bits per heavy atom. The van der Waals surface area contributed by atoms with E-state index in [1.165, 1.54) is 84.4 Å². The fourth-order valence-corrected chi connectivity index (χ4v) is 13.8. The van der Waals surface area contributed by atoms with E-state index in [0.717, 1.165) is 88.8 Å². The van der Waals surface area contributed by atoms with Crippen molar-refractivity contribution in [2.45, 2.75) is 180 Å². The number of carboxylic acids is 2. The number of nitrogens with zero attached hydrogens (tertiary/aromatic N) is 4. The van der Waals surface area contributed by atoms with Crippen molar-refractivity contribution >= 4 is 137 Å². The molecule has 0 saturated heterocycles. The third-order valence-corrected chi connectivity index (χ3v) is 22.0. The highest BCUT2D eigenvalue weighted by Crippen LogP contribution is 2.43. The lowest BCUT2D eigenvalue weighted by atomic mass is 9.82. The number of hydrogen-bond acceptors (Lipinski definition) is 3. The number of rotatable bonds is 17. The molecule has 0 bridgehead atoms. The Hall–Kier alpha value is -4.78. The van der Waals surface area contributed by atoms with Gasteiger partial charge in [-0.2, -0.15) is 13.7 Å². The van der Waals surface area contributed by atoms with Crippen LogP contribution < -0.4 is 50.9 Å². The van der Waals surface area contributed by atoms with E-state index in [2.05, 4.69) is 351 Å². The average molecular weight is 1870 g/mol.